The summed E-state index contributed by atoms with van der Waals surface area (Å²) in [7, 11) is 0. The second-order valence-electron chi connectivity index (χ2n) is 9.80. The molecule has 0 spiro atoms. The Morgan fingerprint density at radius 3 is 2.31 bits per heavy atom. The molecule has 1 amide bonds. The summed E-state index contributed by atoms with van der Waals surface area (Å²) in [6.07, 6.45) is 11.4. The quantitative estimate of drug-likeness (QED) is 0.119. The molecule has 0 saturated heterocycles. The van der Waals surface area contributed by atoms with Crippen LogP contribution in [-0.2, 0) is 9.59 Å². The zero-order valence-corrected chi connectivity index (χ0v) is 24.0. The molecule has 0 bridgehead atoms. The van der Waals surface area contributed by atoms with Gasteiger partial charge in [0.15, 0.2) is 6.10 Å². The number of rotatable bonds is 19. The number of hydrogen-bond donors (Lipinski definition) is 3. The number of ether oxygens (including phenoxy) is 1. The van der Waals surface area contributed by atoms with Crippen molar-refractivity contribution in [2.24, 2.45) is 0 Å². The standard InChI is InChI=1S/C31H42N2O5S/c1-3-4-5-6-7-8-9-10-11-12-17-28(38-27-16-14-13-15-24(27)22-32)31(37)33-25-21-26(34)23(2)20-29(25)39-19-18-30(35)36/h13-16,20-21,28,34H,3-12,17-19H2,1-2H3,(H,33,37)(H,35,36). The molecule has 0 aliphatic heterocycles. The van der Waals surface area contributed by atoms with E-state index in [2.05, 4.69) is 18.3 Å². The molecule has 2 aromatic rings. The fraction of sp³-hybridized carbons (Fsp3) is 0.516. The second kappa shape index (κ2) is 18.2. The van der Waals surface area contributed by atoms with Gasteiger partial charge in [0.05, 0.1) is 17.7 Å². The third-order valence-corrected chi connectivity index (χ3v) is 7.58. The lowest BCUT2D eigenvalue weighted by Crippen LogP contribution is -2.33. The van der Waals surface area contributed by atoms with E-state index < -0.39 is 12.1 Å². The highest BCUT2D eigenvalue weighted by atomic mass is 32.2. The van der Waals surface area contributed by atoms with Crippen molar-refractivity contribution in [3.8, 4) is 17.6 Å². The number of carboxylic acids is 1. The summed E-state index contributed by atoms with van der Waals surface area (Å²) in [4.78, 5) is 25.1. The molecule has 2 aromatic carbocycles. The van der Waals surface area contributed by atoms with E-state index in [1.807, 2.05) is 0 Å². The van der Waals surface area contributed by atoms with Crippen LogP contribution in [0.1, 0.15) is 95.1 Å². The molecule has 7 nitrogen and oxygen atoms in total. The third-order valence-electron chi connectivity index (χ3n) is 6.52. The number of thioether (sulfide) groups is 1. The zero-order chi connectivity index (χ0) is 28.5. The number of nitrogens with zero attached hydrogens (tertiary/aromatic N) is 1. The lowest BCUT2D eigenvalue weighted by Gasteiger charge is -2.21. The van der Waals surface area contributed by atoms with Crippen LogP contribution in [0.5, 0.6) is 11.5 Å². The first-order chi connectivity index (χ1) is 18.8. The van der Waals surface area contributed by atoms with E-state index in [0.29, 0.717) is 39.6 Å². The number of carboxylic acid groups (broad SMARTS) is 1. The predicted molar refractivity (Wildman–Crippen MR) is 156 cm³/mol. The average molecular weight is 555 g/mol. The Hall–Kier alpha value is -3.18. The number of hydrogen-bond acceptors (Lipinski definition) is 6. The van der Waals surface area contributed by atoms with Gasteiger partial charge in [-0.15, -0.1) is 11.8 Å². The first kappa shape index (κ1) is 32.0. The van der Waals surface area contributed by atoms with Gasteiger partial charge in [-0.05, 0) is 43.5 Å². The zero-order valence-electron chi connectivity index (χ0n) is 23.2. The summed E-state index contributed by atoms with van der Waals surface area (Å²) in [6, 6.07) is 12.2. The Morgan fingerprint density at radius 2 is 1.67 bits per heavy atom. The first-order valence-corrected chi connectivity index (χ1v) is 15.0. The van der Waals surface area contributed by atoms with Gasteiger partial charge in [0.25, 0.3) is 5.91 Å². The van der Waals surface area contributed by atoms with Crippen LogP contribution < -0.4 is 10.1 Å². The Bertz CT molecular complexity index is 1100. The number of para-hydroxylation sites is 1. The summed E-state index contributed by atoms with van der Waals surface area (Å²) in [5.74, 6) is -0.548. The van der Waals surface area contributed by atoms with Gasteiger partial charge in [-0.1, -0.05) is 76.8 Å². The summed E-state index contributed by atoms with van der Waals surface area (Å²) in [5.41, 5.74) is 1.40. The Balaban J connectivity index is 2.05. The van der Waals surface area contributed by atoms with Gasteiger partial charge in [-0.2, -0.15) is 5.26 Å². The van der Waals surface area contributed by atoms with E-state index in [1.54, 1.807) is 37.3 Å². The molecule has 0 fully saturated rings. The second-order valence-corrected chi connectivity index (χ2v) is 10.9. The fourth-order valence-corrected chi connectivity index (χ4v) is 5.25. The molecule has 0 radical (unpaired) electrons. The van der Waals surface area contributed by atoms with Gasteiger partial charge >= 0.3 is 5.97 Å². The van der Waals surface area contributed by atoms with Crippen LogP contribution >= 0.6 is 11.8 Å². The number of amides is 1. The molecule has 0 aromatic heterocycles. The van der Waals surface area contributed by atoms with Gasteiger partial charge in [0.2, 0.25) is 0 Å². The van der Waals surface area contributed by atoms with E-state index in [1.165, 1.54) is 62.8 Å². The van der Waals surface area contributed by atoms with Crippen molar-refractivity contribution in [3.63, 3.8) is 0 Å². The van der Waals surface area contributed by atoms with Crippen molar-refractivity contribution in [1.82, 2.24) is 0 Å². The van der Waals surface area contributed by atoms with Crippen molar-refractivity contribution in [2.45, 2.75) is 102 Å². The minimum atomic E-state index is -0.898. The number of phenolic OH excluding ortho intramolecular Hbond substituents is 1. The number of phenols is 1. The maximum atomic E-state index is 13.4. The maximum absolute atomic E-state index is 13.4. The number of nitrogens with one attached hydrogen (secondary N) is 1. The number of carbonyl (C=O) groups excluding carboxylic acids is 1. The van der Waals surface area contributed by atoms with E-state index in [0.717, 1.165) is 19.3 Å². The highest BCUT2D eigenvalue weighted by Gasteiger charge is 2.23. The van der Waals surface area contributed by atoms with Crippen molar-refractivity contribution in [1.29, 1.82) is 5.26 Å². The normalized spacial score (nSPS) is 11.5. The van der Waals surface area contributed by atoms with Crippen LogP contribution in [0.25, 0.3) is 0 Å². The number of anilines is 1. The molecular weight excluding hydrogens is 512 g/mol. The van der Waals surface area contributed by atoms with Gasteiger partial charge in [0, 0.05) is 16.7 Å². The maximum Gasteiger partial charge on any atom is 0.304 e. The van der Waals surface area contributed by atoms with Crippen molar-refractivity contribution in [2.75, 3.05) is 11.1 Å². The molecule has 1 unspecified atom stereocenters. The number of nitriles is 1. The Morgan fingerprint density at radius 1 is 1.03 bits per heavy atom. The van der Waals surface area contributed by atoms with Crippen molar-refractivity contribution >= 4 is 29.3 Å². The number of carbonyl (C=O) groups is 2. The van der Waals surface area contributed by atoms with Crippen LogP contribution in [0.3, 0.4) is 0 Å². The summed E-state index contributed by atoms with van der Waals surface area (Å²) >= 11 is 1.31. The molecule has 1 atom stereocenters. The molecule has 212 valence electrons. The monoisotopic (exact) mass is 554 g/mol. The number of aliphatic carboxylic acids is 1. The highest BCUT2D eigenvalue weighted by molar-refractivity contribution is 7.99. The molecule has 39 heavy (non-hydrogen) atoms. The lowest BCUT2D eigenvalue weighted by molar-refractivity contribution is -0.136. The van der Waals surface area contributed by atoms with E-state index in [4.69, 9.17) is 9.84 Å². The van der Waals surface area contributed by atoms with Crippen molar-refractivity contribution < 1.29 is 24.5 Å². The van der Waals surface area contributed by atoms with Crippen LogP contribution in [0, 0.1) is 18.3 Å². The number of aromatic hydroxyl groups is 1. The molecule has 0 aliphatic rings. The minimum Gasteiger partial charge on any atom is -0.508 e. The molecule has 8 heteroatoms. The molecular formula is C31H42N2O5S. The number of benzene rings is 2. The Labute approximate surface area is 237 Å². The SMILES string of the molecule is CCCCCCCCCCCCC(Oc1ccccc1C#N)C(=O)Nc1cc(O)c(C)cc1SCCC(=O)O. The molecule has 2 rings (SSSR count). The molecule has 3 N–H and O–H groups in total. The topological polar surface area (TPSA) is 120 Å². The molecule has 0 heterocycles. The first-order valence-electron chi connectivity index (χ1n) is 14.0. The summed E-state index contributed by atoms with van der Waals surface area (Å²) in [5, 5.41) is 31.6. The number of unbranched alkanes of at least 4 members (excludes halogenated alkanes) is 9. The highest BCUT2D eigenvalue weighted by Crippen LogP contribution is 2.34. The number of aryl methyl sites for hydroxylation is 1. The minimum absolute atomic E-state index is 0.0204. The van der Waals surface area contributed by atoms with Crippen LogP contribution in [0.4, 0.5) is 5.69 Å². The summed E-state index contributed by atoms with van der Waals surface area (Å²) < 4.78 is 6.08. The van der Waals surface area contributed by atoms with Gasteiger partial charge in [-0.25, -0.2) is 0 Å². The van der Waals surface area contributed by atoms with Crippen LogP contribution in [0.15, 0.2) is 41.3 Å². The van der Waals surface area contributed by atoms with Crippen LogP contribution in [-0.4, -0.2) is 33.9 Å². The van der Waals surface area contributed by atoms with Crippen LogP contribution in [0.2, 0.25) is 0 Å². The molecule has 0 aliphatic carbocycles. The van der Waals surface area contributed by atoms with Crippen molar-refractivity contribution in [3.05, 3.63) is 47.5 Å². The summed E-state index contributed by atoms with van der Waals surface area (Å²) in [6.45, 7) is 3.97. The van der Waals surface area contributed by atoms with E-state index in [9.17, 15) is 20.0 Å². The van der Waals surface area contributed by atoms with Gasteiger partial charge < -0.3 is 20.3 Å². The fourth-order valence-electron chi connectivity index (χ4n) is 4.22. The van der Waals surface area contributed by atoms with E-state index >= 15 is 0 Å². The third kappa shape index (κ3) is 12.0. The average Bonchev–Trinajstić information content (AvgIpc) is 2.91. The molecule has 0 saturated carbocycles. The van der Waals surface area contributed by atoms with E-state index in [-0.39, 0.29) is 18.1 Å². The smallest absolute Gasteiger partial charge is 0.304 e. The Kier molecular flexibility index (Phi) is 14.9. The largest absolute Gasteiger partial charge is 0.508 e. The lowest BCUT2D eigenvalue weighted by atomic mass is 10.0. The predicted octanol–water partition coefficient (Wildman–Crippen LogP) is 7.84. The van der Waals surface area contributed by atoms with Gasteiger partial charge in [0.1, 0.15) is 17.6 Å². The van der Waals surface area contributed by atoms with Gasteiger partial charge in [-0.3, -0.25) is 9.59 Å².